The van der Waals surface area contributed by atoms with Crippen LogP contribution in [0.4, 0.5) is 0 Å². The fourth-order valence-electron chi connectivity index (χ4n) is 5.01. The highest BCUT2D eigenvalue weighted by Gasteiger charge is 2.31. The van der Waals surface area contributed by atoms with E-state index < -0.39 is 0 Å². The number of carbonyl (C=O) groups excluding carboxylic acids is 2. The highest BCUT2D eigenvalue weighted by atomic mass is 16.5. The van der Waals surface area contributed by atoms with Crippen LogP contribution in [0.15, 0.2) is 36.4 Å². The van der Waals surface area contributed by atoms with E-state index in [0.29, 0.717) is 24.3 Å². The van der Waals surface area contributed by atoms with Crippen LogP contribution in [0.2, 0.25) is 0 Å². The molecule has 0 saturated carbocycles. The van der Waals surface area contributed by atoms with Crippen molar-refractivity contribution in [1.29, 1.82) is 5.26 Å². The molecular weight excluding hydrogens is 390 g/mol. The largest absolute Gasteiger partial charge is 0.457 e. The smallest absolute Gasteiger partial charge is 0.338 e. The number of carbonyl (C=O) groups is 2. The SMILES string of the molecule is N#Cc1ccc2c(c1)CCC(N1CCN(CCc3ccc4c(c3)COC4=O)CC1=O)C2. The molecule has 1 saturated heterocycles. The molecule has 0 radical (unpaired) electrons. The number of aryl methyl sites for hydroxylation is 1. The first-order valence-corrected chi connectivity index (χ1v) is 10.9. The number of hydrogen-bond donors (Lipinski definition) is 0. The van der Waals surface area contributed by atoms with Crippen LogP contribution in [0.5, 0.6) is 0 Å². The van der Waals surface area contributed by atoms with Gasteiger partial charge in [0, 0.05) is 31.2 Å². The fourth-order valence-corrected chi connectivity index (χ4v) is 5.01. The van der Waals surface area contributed by atoms with Crippen LogP contribution in [0, 0.1) is 11.3 Å². The number of nitriles is 1. The van der Waals surface area contributed by atoms with E-state index in [-0.39, 0.29) is 17.9 Å². The summed E-state index contributed by atoms with van der Waals surface area (Å²) < 4.78 is 5.08. The Morgan fingerprint density at radius 2 is 1.97 bits per heavy atom. The highest BCUT2D eigenvalue weighted by molar-refractivity contribution is 5.93. The van der Waals surface area contributed by atoms with E-state index >= 15 is 0 Å². The minimum atomic E-state index is -0.237. The molecule has 3 aliphatic rings. The summed E-state index contributed by atoms with van der Waals surface area (Å²) in [5.74, 6) is -0.0274. The number of benzene rings is 2. The molecule has 1 unspecified atom stereocenters. The molecule has 0 aromatic heterocycles. The Labute approximate surface area is 182 Å². The molecule has 158 valence electrons. The number of nitrogens with zero attached hydrogens (tertiary/aromatic N) is 3. The van der Waals surface area contributed by atoms with Gasteiger partial charge in [0.15, 0.2) is 0 Å². The number of esters is 1. The van der Waals surface area contributed by atoms with Gasteiger partial charge in [0.1, 0.15) is 6.61 Å². The summed E-state index contributed by atoms with van der Waals surface area (Å²) in [7, 11) is 0. The van der Waals surface area contributed by atoms with Crippen LogP contribution in [0.3, 0.4) is 0 Å². The van der Waals surface area contributed by atoms with Crippen LogP contribution in [0.1, 0.15) is 44.6 Å². The molecule has 1 atom stereocenters. The lowest BCUT2D eigenvalue weighted by Gasteiger charge is -2.41. The lowest BCUT2D eigenvalue weighted by molar-refractivity contribution is -0.138. The number of rotatable bonds is 4. The van der Waals surface area contributed by atoms with Crippen molar-refractivity contribution in [2.45, 2.75) is 38.3 Å². The van der Waals surface area contributed by atoms with E-state index in [0.717, 1.165) is 50.9 Å². The summed E-state index contributed by atoms with van der Waals surface area (Å²) in [4.78, 5) is 28.8. The minimum Gasteiger partial charge on any atom is -0.457 e. The quantitative estimate of drug-likeness (QED) is 0.718. The van der Waals surface area contributed by atoms with Gasteiger partial charge < -0.3 is 9.64 Å². The molecule has 6 heteroatoms. The Morgan fingerprint density at radius 3 is 2.81 bits per heavy atom. The molecule has 1 aliphatic carbocycles. The summed E-state index contributed by atoms with van der Waals surface area (Å²) in [5, 5.41) is 9.10. The zero-order valence-corrected chi connectivity index (χ0v) is 17.5. The first-order chi connectivity index (χ1) is 15.1. The molecule has 1 amide bonds. The molecular formula is C25H25N3O3. The molecule has 1 fully saturated rings. The van der Waals surface area contributed by atoms with Crippen molar-refractivity contribution in [3.63, 3.8) is 0 Å². The van der Waals surface area contributed by atoms with E-state index in [4.69, 9.17) is 10.00 Å². The Bertz CT molecular complexity index is 1090. The Morgan fingerprint density at radius 1 is 1.06 bits per heavy atom. The Hall–Kier alpha value is -3.17. The summed E-state index contributed by atoms with van der Waals surface area (Å²) in [5.41, 5.74) is 6.04. The number of ether oxygens (including phenoxy) is 1. The topological polar surface area (TPSA) is 73.6 Å². The standard InChI is InChI=1S/C25H25N3O3/c26-14-18-1-3-20-13-22(5-4-19(20)12-18)28-10-9-27(15-24(28)29)8-7-17-2-6-23-21(11-17)16-31-25(23)30/h1-3,6,11-12,22H,4-5,7-10,13,15-16H2. The van der Waals surface area contributed by atoms with E-state index in [1.165, 1.54) is 16.7 Å². The van der Waals surface area contributed by atoms with Crippen LogP contribution in [-0.4, -0.2) is 53.9 Å². The van der Waals surface area contributed by atoms with E-state index in [2.05, 4.69) is 28.0 Å². The maximum absolute atomic E-state index is 12.9. The summed E-state index contributed by atoms with van der Waals surface area (Å²) >= 11 is 0. The number of hydrogen-bond acceptors (Lipinski definition) is 5. The van der Waals surface area contributed by atoms with Crippen LogP contribution in [-0.2, 0) is 35.4 Å². The Balaban J connectivity index is 1.16. The summed E-state index contributed by atoms with van der Waals surface area (Å²) in [6.45, 7) is 3.30. The van der Waals surface area contributed by atoms with Crippen molar-refractivity contribution in [3.05, 3.63) is 69.8 Å². The molecule has 2 aliphatic heterocycles. The lowest BCUT2D eigenvalue weighted by atomic mass is 9.86. The molecule has 0 spiro atoms. The van der Waals surface area contributed by atoms with Gasteiger partial charge in [-0.1, -0.05) is 18.2 Å². The molecule has 2 aromatic rings. The summed E-state index contributed by atoms with van der Waals surface area (Å²) in [6.07, 6.45) is 3.62. The van der Waals surface area contributed by atoms with Gasteiger partial charge in [0.25, 0.3) is 0 Å². The summed E-state index contributed by atoms with van der Waals surface area (Å²) in [6, 6.07) is 14.3. The van der Waals surface area contributed by atoms with Crippen LogP contribution < -0.4 is 0 Å². The van der Waals surface area contributed by atoms with E-state index in [1.807, 2.05) is 24.3 Å². The maximum atomic E-state index is 12.9. The fraction of sp³-hybridized carbons (Fsp3) is 0.400. The van der Waals surface area contributed by atoms with Crippen molar-refractivity contribution in [2.24, 2.45) is 0 Å². The van der Waals surface area contributed by atoms with E-state index in [9.17, 15) is 9.59 Å². The highest BCUT2D eigenvalue weighted by Crippen LogP contribution is 2.27. The van der Waals surface area contributed by atoms with Crippen LogP contribution in [0.25, 0.3) is 0 Å². The van der Waals surface area contributed by atoms with Crippen molar-refractivity contribution in [2.75, 3.05) is 26.2 Å². The molecule has 0 bridgehead atoms. The predicted molar refractivity (Wildman–Crippen MR) is 114 cm³/mol. The first-order valence-electron chi connectivity index (χ1n) is 10.9. The van der Waals surface area contributed by atoms with Gasteiger partial charge in [-0.05, 0) is 60.6 Å². The van der Waals surface area contributed by atoms with Gasteiger partial charge in [-0.2, -0.15) is 5.26 Å². The average molecular weight is 415 g/mol. The van der Waals surface area contributed by atoms with Gasteiger partial charge >= 0.3 is 5.97 Å². The molecule has 2 heterocycles. The monoisotopic (exact) mass is 415 g/mol. The van der Waals surface area contributed by atoms with Gasteiger partial charge in [0.2, 0.25) is 5.91 Å². The van der Waals surface area contributed by atoms with Gasteiger partial charge in [0.05, 0.1) is 23.7 Å². The third kappa shape index (κ3) is 3.94. The lowest BCUT2D eigenvalue weighted by Crippen LogP contribution is -2.55. The van der Waals surface area contributed by atoms with Crippen molar-refractivity contribution in [1.82, 2.24) is 9.80 Å². The van der Waals surface area contributed by atoms with E-state index in [1.54, 1.807) is 0 Å². The van der Waals surface area contributed by atoms with Crippen molar-refractivity contribution in [3.8, 4) is 6.07 Å². The third-order valence-corrected chi connectivity index (χ3v) is 6.78. The number of cyclic esters (lactones) is 1. The van der Waals surface area contributed by atoms with Gasteiger partial charge in [-0.3, -0.25) is 9.69 Å². The zero-order chi connectivity index (χ0) is 21.4. The molecule has 0 N–H and O–H groups in total. The number of fused-ring (bicyclic) bond motifs is 2. The molecule has 5 rings (SSSR count). The van der Waals surface area contributed by atoms with Crippen molar-refractivity contribution >= 4 is 11.9 Å². The zero-order valence-electron chi connectivity index (χ0n) is 17.5. The Kier molecular flexibility index (Phi) is 5.21. The third-order valence-electron chi connectivity index (χ3n) is 6.78. The van der Waals surface area contributed by atoms with Crippen LogP contribution >= 0.6 is 0 Å². The second kappa shape index (κ2) is 8.16. The molecule has 31 heavy (non-hydrogen) atoms. The number of piperazine rings is 1. The average Bonchev–Trinajstić information content (AvgIpc) is 3.17. The molecule has 2 aromatic carbocycles. The van der Waals surface area contributed by atoms with Crippen molar-refractivity contribution < 1.29 is 14.3 Å². The van der Waals surface area contributed by atoms with Gasteiger partial charge in [-0.15, -0.1) is 0 Å². The number of amides is 1. The second-order valence-electron chi connectivity index (χ2n) is 8.67. The predicted octanol–water partition coefficient (Wildman–Crippen LogP) is 2.47. The first kappa shape index (κ1) is 19.8. The minimum absolute atomic E-state index is 0.210. The normalized spacial score (nSPS) is 20.7. The van der Waals surface area contributed by atoms with Gasteiger partial charge in [-0.25, -0.2) is 4.79 Å². The second-order valence-corrected chi connectivity index (χ2v) is 8.67. The molecule has 6 nitrogen and oxygen atoms in total. The maximum Gasteiger partial charge on any atom is 0.338 e.